The van der Waals surface area contributed by atoms with Crippen molar-refractivity contribution in [2.75, 3.05) is 5.73 Å². The van der Waals surface area contributed by atoms with Crippen LogP contribution in [0.2, 0.25) is 0 Å². The number of benzene rings is 3. The van der Waals surface area contributed by atoms with Gasteiger partial charge in [0.25, 0.3) is 5.91 Å². The van der Waals surface area contributed by atoms with Gasteiger partial charge < -0.3 is 11.1 Å². The Morgan fingerprint density at radius 3 is 2.46 bits per heavy atom. The monoisotopic (exact) mass is 370 g/mol. The number of anilines is 1. The van der Waals surface area contributed by atoms with E-state index in [1.54, 1.807) is 18.2 Å². The van der Waals surface area contributed by atoms with E-state index >= 15 is 0 Å². The molecule has 3 N–H and O–H groups in total. The normalized spacial score (nSPS) is 10.5. The molecule has 1 amide bonds. The lowest BCUT2D eigenvalue weighted by atomic mass is 10.2. The Morgan fingerprint density at radius 1 is 0.962 bits per heavy atom. The van der Waals surface area contributed by atoms with Crippen molar-refractivity contribution < 1.29 is 13.6 Å². The van der Waals surface area contributed by atoms with Crippen LogP contribution in [0.4, 0.5) is 14.5 Å². The maximum absolute atomic E-state index is 13.9. The fourth-order valence-electron chi connectivity index (χ4n) is 2.32. The van der Waals surface area contributed by atoms with E-state index in [0.29, 0.717) is 22.7 Å². The van der Waals surface area contributed by atoms with Crippen LogP contribution >= 0.6 is 11.8 Å². The average molecular weight is 370 g/mol. The Morgan fingerprint density at radius 2 is 1.73 bits per heavy atom. The molecule has 3 aromatic rings. The molecule has 6 heteroatoms. The van der Waals surface area contributed by atoms with Gasteiger partial charge in [0.15, 0.2) is 0 Å². The number of rotatable bonds is 5. The largest absolute Gasteiger partial charge is 0.398 e. The van der Waals surface area contributed by atoms with Crippen LogP contribution in [-0.4, -0.2) is 5.91 Å². The van der Waals surface area contributed by atoms with Crippen LogP contribution in [0.15, 0.2) is 76.5 Å². The molecule has 0 aliphatic rings. The number of amides is 1. The minimum Gasteiger partial charge on any atom is -0.398 e. The summed E-state index contributed by atoms with van der Waals surface area (Å²) in [4.78, 5) is 13.1. The van der Waals surface area contributed by atoms with Crippen molar-refractivity contribution in [2.45, 2.75) is 16.3 Å². The molecule has 3 aromatic carbocycles. The van der Waals surface area contributed by atoms with Gasteiger partial charge in [-0.3, -0.25) is 4.79 Å². The van der Waals surface area contributed by atoms with Crippen molar-refractivity contribution in [3.63, 3.8) is 0 Å². The first-order valence-electron chi connectivity index (χ1n) is 7.87. The van der Waals surface area contributed by atoms with Gasteiger partial charge in [-0.2, -0.15) is 0 Å². The quantitative estimate of drug-likeness (QED) is 0.644. The first kappa shape index (κ1) is 17.9. The molecule has 0 aliphatic carbocycles. The lowest BCUT2D eigenvalue weighted by molar-refractivity contribution is 0.0950. The molecule has 26 heavy (non-hydrogen) atoms. The molecule has 0 radical (unpaired) electrons. The van der Waals surface area contributed by atoms with Crippen molar-refractivity contribution in [3.8, 4) is 0 Å². The lowest BCUT2D eigenvalue weighted by Gasteiger charge is -2.10. The topological polar surface area (TPSA) is 55.1 Å². The Kier molecular flexibility index (Phi) is 5.53. The molecule has 0 fully saturated rings. The van der Waals surface area contributed by atoms with Crippen LogP contribution in [0.3, 0.4) is 0 Å². The molecule has 0 aromatic heterocycles. The summed E-state index contributed by atoms with van der Waals surface area (Å²) in [6.07, 6.45) is 0. The number of nitrogens with one attached hydrogen (secondary N) is 1. The molecule has 0 saturated heterocycles. The molecule has 132 valence electrons. The molecule has 0 saturated carbocycles. The summed E-state index contributed by atoms with van der Waals surface area (Å²) >= 11 is 1.05. The van der Waals surface area contributed by atoms with E-state index in [0.717, 1.165) is 23.4 Å². The van der Waals surface area contributed by atoms with Crippen LogP contribution in [0, 0.1) is 11.6 Å². The summed E-state index contributed by atoms with van der Waals surface area (Å²) in [5.41, 5.74) is 7.75. The van der Waals surface area contributed by atoms with E-state index < -0.39 is 11.6 Å². The second-order valence-corrected chi connectivity index (χ2v) is 6.68. The lowest BCUT2D eigenvalue weighted by Crippen LogP contribution is -2.22. The van der Waals surface area contributed by atoms with Crippen molar-refractivity contribution in [1.29, 1.82) is 0 Å². The third-order valence-electron chi connectivity index (χ3n) is 3.69. The average Bonchev–Trinajstić information content (AvgIpc) is 2.64. The fraction of sp³-hybridized carbons (Fsp3) is 0.0500. The standard InChI is InChI=1S/C20H16F2N2OS/c21-15-7-9-18(16(22)11-15)26-19-10-14(6-8-17(19)23)20(25)24-12-13-4-2-1-3-5-13/h1-11H,12,23H2,(H,24,25). The molecular formula is C20H16F2N2OS. The SMILES string of the molecule is Nc1ccc(C(=O)NCc2ccccc2)cc1Sc1ccc(F)cc1F. The van der Waals surface area contributed by atoms with Crippen LogP contribution in [-0.2, 0) is 6.54 Å². The zero-order valence-corrected chi connectivity index (χ0v) is 14.5. The summed E-state index contributed by atoms with van der Waals surface area (Å²) in [5.74, 6) is -1.57. The van der Waals surface area contributed by atoms with E-state index in [9.17, 15) is 13.6 Å². The Balaban J connectivity index is 1.75. The zero-order chi connectivity index (χ0) is 18.5. The van der Waals surface area contributed by atoms with Gasteiger partial charge in [0, 0.05) is 33.7 Å². The van der Waals surface area contributed by atoms with E-state index in [1.807, 2.05) is 30.3 Å². The maximum atomic E-state index is 13.9. The second-order valence-electron chi connectivity index (χ2n) is 5.60. The molecule has 0 atom stereocenters. The van der Waals surface area contributed by atoms with E-state index in [4.69, 9.17) is 5.73 Å². The van der Waals surface area contributed by atoms with Gasteiger partial charge in [0.2, 0.25) is 0 Å². The van der Waals surface area contributed by atoms with Crippen molar-refractivity contribution in [3.05, 3.63) is 89.5 Å². The number of nitrogens with two attached hydrogens (primary N) is 1. The highest BCUT2D eigenvalue weighted by Crippen LogP contribution is 2.34. The summed E-state index contributed by atoms with van der Waals surface area (Å²) < 4.78 is 26.9. The molecule has 0 heterocycles. The summed E-state index contributed by atoms with van der Waals surface area (Å²) in [7, 11) is 0. The number of carbonyl (C=O) groups excluding carboxylic acids is 1. The Bertz CT molecular complexity index is 932. The summed E-state index contributed by atoms with van der Waals surface area (Å²) in [5, 5.41) is 2.83. The highest BCUT2D eigenvalue weighted by molar-refractivity contribution is 7.99. The smallest absolute Gasteiger partial charge is 0.251 e. The van der Waals surface area contributed by atoms with E-state index in [-0.39, 0.29) is 10.8 Å². The van der Waals surface area contributed by atoms with Crippen LogP contribution < -0.4 is 11.1 Å². The Hall–Kier alpha value is -2.86. The van der Waals surface area contributed by atoms with Crippen molar-refractivity contribution >= 4 is 23.4 Å². The molecule has 0 unspecified atom stereocenters. The number of hydrogen-bond acceptors (Lipinski definition) is 3. The maximum Gasteiger partial charge on any atom is 0.251 e. The number of nitrogen functional groups attached to an aromatic ring is 1. The van der Waals surface area contributed by atoms with Crippen LogP contribution in [0.25, 0.3) is 0 Å². The second kappa shape index (κ2) is 8.01. The highest BCUT2D eigenvalue weighted by Gasteiger charge is 2.12. The number of halogens is 2. The minimum atomic E-state index is -0.673. The molecule has 3 nitrogen and oxygen atoms in total. The Labute approximate surface area is 154 Å². The highest BCUT2D eigenvalue weighted by atomic mass is 32.2. The number of hydrogen-bond donors (Lipinski definition) is 2. The third kappa shape index (κ3) is 4.40. The third-order valence-corrected chi connectivity index (χ3v) is 4.81. The van der Waals surface area contributed by atoms with Crippen LogP contribution in [0.5, 0.6) is 0 Å². The van der Waals surface area contributed by atoms with Gasteiger partial charge in [-0.15, -0.1) is 0 Å². The van der Waals surface area contributed by atoms with Gasteiger partial charge >= 0.3 is 0 Å². The molecule has 0 aliphatic heterocycles. The first-order chi connectivity index (χ1) is 12.5. The van der Waals surface area contributed by atoms with Gasteiger partial charge in [0.1, 0.15) is 11.6 Å². The van der Waals surface area contributed by atoms with Gasteiger partial charge in [-0.05, 0) is 35.9 Å². The molecule has 0 spiro atoms. The van der Waals surface area contributed by atoms with E-state index in [2.05, 4.69) is 5.32 Å². The molecule has 3 rings (SSSR count). The zero-order valence-electron chi connectivity index (χ0n) is 13.7. The van der Waals surface area contributed by atoms with Gasteiger partial charge in [-0.25, -0.2) is 8.78 Å². The predicted molar refractivity (Wildman–Crippen MR) is 98.9 cm³/mol. The van der Waals surface area contributed by atoms with Gasteiger partial charge in [-0.1, -0.05) is 42.1 Å². The number of carbonyl (C=O) groups is 1. The van der Waals surface area contributed by atoms with Gasteiger partial charge in [0.05, 0.1) is 0 Å². The fourth-order valence-corrected chi connectivity index (χ4v) is 3.22. The summed E-state index contributed by atoms with van der Waals surface area (Å²) in [6, 6.07) is 17.7. The van der Waals surface area contributed by atoms with Crippen molar-refractivity contribution in [2.24, 2.45) is 0 Å². The summed E-state index contributed by atoms with van der Waals surface area (Å²) in [6.45, 7) is 0.402. The molecular weight excluding hydrogens is 354 g/mol. The van der Waals surface area contributed by atoms with Crippen molar-refractivity contribution in [1.82, 2.24) is 5.32 Å². The molecule has 0 bridgehead atoms. The van der Waals surface area contributed by atoms with Crippen LogP contribution in [0.1, 0.15) is 15.9 Å². The minimum absolute atomic E-state index is 0.236. The first-order valence-corrected chi connectivity index (χ1v) is 8.69. The predicted octanol–water partition coefficient (Wildman–Crippen LogP) is 4.63. The van der Waals surface area contributed by atoms with E-state index in [1.165, 1.54) is 12.1 Å².